The summed E-state index contributed by atoms with van der Waals surface area (Å²) in [6.07, 6.45) is 1.20. The van der Waals surface area contributed by atoms with Gasteiger partial charge in [0.2, 0.25) is 0 Å². The molecule has 1 rings (SSSR count). The Labute approximate surface area is 89.1 Å². The Morgan fingerprint density at radius 1 is 1.57 bits per heavy atom. The third-order valence-corrected chi connectivity index (χ3v) is 2.35. The molecule has 1 atom stereocenters. The second kappa shape index (κ2) is 5.13. The molecule has 0 aliphatic carbocycles. The second-order valence-corrected chi connectivity index (χ2v) is 3.74. The molecule has 1 aromatic rings. The van der Waals surface area contributed by atoms with Gasteiger partial charge in [-0.3, -0.25) is 4.79 Å². The Bertz CT molecular complexity index is 325. The lowest BCUT2D eigenvalue weighted by molar-refractivity contribution is 0.0974. The molecule has 0 aliphatic heterocycles. The first-order valence-corrected chi connectivity index (χ1v) is 5.05. The van der Waals surface area contributed by atoms with Crippen LogP contribution in [0.2, 0.25) is 5.02 Å². The SMILES string of the molecule is CCC(N)CC(=O)c1cccc(Cl)c1. The monoisotopic (exact) mass is 211 g/mol. The van der Waals surface area contributed by atoms with Crippen LogP contribution in [0.25, 0.3) is 0 Å². The first kappa shape index (κ1) is 11.2. The van der Waals surface area contributed by atoms with Gasteiger partial charge in [0.15, 0.2) is 5.78 Å². The van der Waals surface area contributed by atoms with E-state index in [9.17, 15) is 4.79 Å². The fraction of sp³-hybridized carbons (Fsp3) is 0.364. The van der Waals surface area contributed by atoms with Crippen molar-refractivity contribution in [1.82, 2.24) is 0 Å². The maximum Gasteiger partial charge on any atom is 0.164 e. The highest BCUT2D eigenvalue weighted by Crippen LogP contribution is 2.13. The van der Waals surface area contributed by atoms with E-state index in [4.69, 9.17) is 17.3 Å². The molecule has 0 spiro atoms. The van der Waals surface area contributed by atoms with Crippen LogP contribution in [0.3, 0.4) is 0 Å². The van der Waals surface area contributed by atoms with Crippen LogP contribution in [0, 0.1) is 0 Å². The van der Waals surface area contributed by atoms with E-state index in [1.54, 1.807) is 24.3 Å². The molecule has 0 saturated carbocycles. The van der Waals surface area contributed by atoms with Crippen LogP contribution in [-0.2, 0) is 0 Å². The maximum absolute atomic E-state index is 11.6. The Kier molecular flexibility index (Phi) is 4.11. The summed E-state index contributed by atoms with van der Waals surface area (Å²) in [6, 6.07) is 6.90. The number of hydrogen-bond acceptors (Lipinski definition) is 2. The number of carbonyl (C=O) groups excluding carboxylic acids is 1. The summed E-state index contributed by atoms with van der Waals surface area (Å²) >= 11 is 5.78. The van der Waals surface area contributed by atoms with Crippen LogP contribution < -0.4 is 5.73 Å². The van der Waals surface area contributed by atoms with Gasteiger partial charge in [0, 0.05) is 23.0 Å². The van der Waals surface area contributed by atoms with Crippen molar-refractivity contribution in [2.75, 3.05) is 0 Å². The summed E-state index contributed by atoms with van der Waals surface area (Å²) in [7, 11) is 0. The standard InChI is InChI=1S/C11H14ClNO/c1-2-10(13)7-11(14)8-4-3-5-9(12)6-8/h3-6,10H,2,7,13H2,1H3. The Morgan fingerprint density at radius 3 is 2.86 bits per heavy atom. The summed E-state index contributed by atoms with van der Waals surface area (Å²) < 4.78 is 0. The highest BCUT2D eigenvalue weighted by molar-refractivity contribution is 6.31. The molecule has 2 N–H and O–H groups in total. The third kappa shape index (κ3) is 3.13. The van der Waals surface area contributed by atoms with E-state index < -0.39 is 0 Å². The smallest absolute Gasteiger partial charge is 0.164 e. The van der Waals surface area contributed by atoms with Crippen molar-refractivity contribution in [3.8, 4) is 0 Å². The van der Waals surface area contributed by atoms with Crippen molar-refractivity contribution >= 4 is 17.4 Å². The number of hydrogen-bond donors (Lipinski definition) is 1. The van der Waals surface area contributed by atoms with Crippen LogP contribution >= 0.6 is 11.6 Å². The largest absolute Gasteiger partial charge is 0.327 e. The van der Waals surface area contributed by atoms with Crippen molar-refractivity contribution in [3.63, 3.8) is 0 Å². The van der Waals surface area contributed by atoms with Gasteiger partial charge in [0.1, 0.15) is 0 Å². The normalized spacial score (nSPS) is 12.5. The van der Waals surface area contributed by atoms with Crippen LogP contribution in [0.15, 0.2) is 24.3 Å². The molecule has 0 heterocycles. The van der Waals surface area contributed by atoms with Crippen molar-refractivity contribution in [3.05, 3.63) is 34.9 Å². The zero-order valence-corrected chi connectivity index (χ0v) is 8.92. The topological polar surface area (TPSA) is 43.1 Å². The molecule has 1 unspecified atom stereocenters. The number of rotatable bonds is 4. The highest BCUT2D eigenvalue weighted by atomic mass is 35.5. The molecule has 0 fully saturated rings. The molecule has 2 nitrogen and oxygen atoms in total. The molecule has 0 saturated heterocycles. The van der Waals surface area contributed by atoms with E-state index in [1.807, 2.05) is 6.92 Å². The summed E-state index contributed by atoms with van der Waals surface area (Å²) in [6.45, 7) is 1.97. The predicted octanol–water partition coefficient (Wildman–Crippen LogP) is 2.65. The molecule has 3 heteroatoms. The fourth-order valence-electron chi connectivity index (χ4n) is 1.16. The van der Waals surface area contributed by atoms with E-state index in [-0.39, 0.29) is 11.8 Å². The summed E-state index contributed by atoms with van der Waals surface area (Å²) in [4.78, 5) is 11.6. The molecule has 0 bridgehead atoms. The molecular weight excluding hydrogens is 198 g/mol. The maximum atomic E-state index is 11.6. The van der Waals surface area contributed by atoms with Gasteiger partial charge in [-0.1, -0.05) is 30.7 Å². The minimum Gasteiger partial charge on any atom is -0.327 e. The zero-order chi connectivity index (χ0) is 10.6. The van der Waals surface area contributed by atoms with Gasteiger partial charge in [-0.2, -0.15) is 0 Å². The number of halogens is 1. The number of benzene rings is 1. The molecular formula is C11H14ClNO. The number of nitrogens with two attached hydrogens (primary N) is 1. The second-order valence-electron chi connectivity index (χ2n) is 3.31. The molecule has 14 heavy (non-hydrogen) atoms. The highest BCUT2D eigenvalue weighted by Gasteiger charge is 2.10. The average molecular weight is 212 g/mol. The molecule has 0 aliphatic rings. The van der Waals surface area contributed by atoms with Crippen molar-refractivity contribution in [2.45, 2.75) is 25.8 Å². The van der Waals surface area contributed by atoms with E-state index >= 15 is 0 Å². The van der Waals surface area contributed by atoms with Gasteiger partial charge in [-0.25, -0.2) is 0 Å². The molecule has 0 amide bonds. The quantitative estimate of drug-likeness (QED) is 0.779. The summed E-state index contributed by atoms with van der Waals surface area (Å²) in [5.74, 6) is 0.0573. The number of Topliss-reactive ketones (excluding diaryl/α,β-unsaturated/α-hetero) is 1. The number of carbonyl (C=O) groups is 1. The van der Waals surface area contributed by atoms with Gasteiger partial charge >= 0.3 is 0 Å². The Hall–Kier alpha value is -0.860. The zero-order valence-electron chi connectivity index (χ0n) is 8.16. The molecule has 0 aromatic heterocycles. The Morgan fingerprint density at radius 2 is 2.29 bits per heavy atom. The van der Waals surface area contributed by atoms with Crippen molar-refractivity contribution in [1.29, 1.82) is 0 Å². The van der Waals surface area contributed by atoms with E-state index in [0.717, 1.165) is 6.42 Å². The van der Waals surface area contributed by atoms with Gasteiger partial charge in [0.05, 0.1) is 0 Å². The molecule has 0 radical (unpaired) electrons. The lowest BCUT2D eigenvalue weighted by Crippen LogP contribution is -2.22. The van der Waals surface area contributed by atoms with Crippen LogP contribution in [0.5, 0.6) is 0 Å². The van der Waals surface area contributed by atoms with Gasteiger partial charge in [-0.05, 0) is 18.6 Å². The lowest BCUT2D eigenvalue weighted by atomic mass is 10.0. The first-order valence-electron chi connectivity index (χ1n) is 4.67. The fourth-order valence-corrected chi connectivity index (χ4v) is 1.35. The van der Waals surface area contributed by atoms with Gasteiger partial charge < -0.3 is 5.73 Å². The van der Waals surface area contributed by atoms with Crippen LogP contribution in [-0.4, -0.2) is 11.8 Å². The lowest BCUT2D eigenvalue weighted by Gasteiger charge is -2.07. The minimum atomic E-state index is -0.0542. The van der Waals surface area contributed by atoms with E-state index in [0.29, 0.717) is 17.0 Å². The van der Waals surface area contributed by atoms with Gasteiger partial charge in [-0.15, -0.1) is 0 Å². The van der Waals surface area contributed by atoms with Crippen molar-refractivity contribution < 1.29 is 4.79 Å². The Balaban J connectivity index is 2.70. The molecule has 1 aromatic carbocycles. The van der Waals surface area contributed by atoms with Crippen LogP contribution in [0.1, 0.15) is 30.1 Å². The summed E-state index contributed by atoms with van der Waals surface area (Å²) in [5.41, 5.74) is 6.34. The first-order chi connectivity index (χ1) is 6.63. The number of ketones is 1. The van der Waals surface area contributed by atoms with E-state index in [1.165, 1.54) is 0 Å². The van der Waals surface area contributed by atoms with Crippen molar-refractivity contribution in [2.24, 2.45) is 5.73 Å². The minimum absolute atomic E-state index is 0.0542. The third-order valence-electron chi connectivity index (χ3n) is 2.12. The van der Waals surface area contributed by atoms with E-state index in [2.05, 4.69) is 0 Å². The average Bonchev–Trinajstić information content (AvgIpc) is 2.17. The predicted molar refractivity (Wildman–Crippen MR) is 58.7 cm³/mol. The summed E-state index contributed by atoms with van der Waals surface area (Å²) in [5, 5.41) is 0.584. The van der Waals surface area contributed by atoms with Gasteiger partial charge in [0.25, 0.3) is 0 Å². The molecule has 76 valence electrons. The van der Waals surface area contributed by atoms with Crippen LogP contribution in [0.4, 0.5) is 0 Å².